The van der Waals surface area contributed by atoms with E-state index in [0.717, 1.165) is 43.0 Å². The number of likely N-dealkylation sites (N-methyl/N-ethyl adjacent to an activating group) is 1. The Morgan fingerprint density at radius 1 is 1.19 bits per heavy atom. The Labute approximate surface area is 185 Å². The van der Waals surface area contributed by atoms with Crippen molar-refractivity contribution in [2.75, 3.05) is 35.0 Å². The molecule has 2 aliphatic heterocycles. The van der Waals surface area contributed by atoms with Crippen LogP contribution in [0.25, 0.3) is 0 Å². The zero-order valence-electron chi connectivity index (χ0n) is 17.7. The molecular formula is C22H25N7OS. The Bertz CT molecular complexity index is 1100. The molecule has 4 heterocycles. The molecule has 0 bridgehead atoms. The molecule has 160 valence electrons. The van der Waals surface area contributed by atoms with Gasteiger partial charge in [0, 0.05) is 36.8 Å². The normalized spacial score (nSPS) is 17.6. The van der Waals surface area contributed by atoms with Crippen LogP contribution < -0.4 is 15.1 Å². The summed E-state index contributed by atoms with van der Waals surface area (Å²) in [5, 5.41) is 7.78. The Kier molecular flexibility index (Phi) is 5.27. The van der Waals surface area contributed by atoms with Gasteiger partial charge in [0.1, 0.15) is 11.7 Å². The molecule has 1 aromatic carbocycles. The maximum atomic E-state index is 12.5. The van der Waals surface area contributed by atoms with E-state index in [4.69, 9.17) is 4.98 Å². The maximum Gasteiger partial charge on any atom is 0.249 e. The SMILES string of the molecule is CSc1ccc(Cn2cc(CNc3ncc4c(n3)N3CCC[C@H]3C(=O)N4C)cn2)cc1. The summed E-state index contributed by atoms with van der Waals surface area (Å²) in [6.07, 6.45) is 9.61. The van der Waals surface area contributed by atoms with Gasteiger partial charge in [0.25, 0.3) is 0 Å². The Morgan fingerprint density at radius 3 is 2.84 bits per heavy atom. The molecule has 0 radical (unpaired) electrons. The van der Waals surface area contributed by atoms with E-state index < -0.39 is 0 Å². The molecule has 5 rings (SSSR count). The molecule has 0 unspecified atom stereocenters. The van der Waals surface area contributed by atoms with Crippen LogP contribution in [-0.4, -0.2) is 51.5 Å². The molecule has 8 nitrogen and oxygen atoms in total. The standard InChI is InChI=1S/C22H25N7OS/c1-27-19-12-24-22(26-20(19)29-9-3-4-18(29)21(27)30)23-10-16-11-25-28(14-16)13-15-5-7-17(31-2)8-6-15/h5-8,11-12,14,18H,3-4,9-10,13H2,1-2H3,(H,23,24,26)/t18-/m0/s1. The van der Waals surface area contributed by atoms with E-state index in [1.54, 1.807) is 29.9 Å². The van der Waals surface area contributed by atoms with Crippen LogP contribution >= 0.6 is 11.8 Å². The number of hydrogen-bond donors (Lipinski definition) is 1. The van der Waals surface area contributed by atoms with E-state index in [1.165, 1.54) is 10.5 Å². The number of rotatable bonds is 6. The van der Waals surface area contributed by atoms with Crippen molar-refractivity contribution >= 4 is 35.1 Å². The summed E-state index contributed by atoms with van der Waals surface area (Å²) in [6, 6.07) is 8.45. The van der Waals surface area contributed by atoms with E-state index in [1.807, 2.05) is 17.1 Å². The predicted octanol–water partition coefficient (Wildman–Crippen LogP) is 3.00. The highest BCUT2D eigenvalue weighted by atomic mass is 32.2. The highest BCUT2D eigenvalue weighted by Crippen LogP contribution is 2.37. The van der Waals surface area contributed by atoms with Gasteiger partial charge in [-0.3, -0.25) is 9.48 Å². The van der Waals surface area contributed by atoms with Crippen LogP contribution in [0.5, 0.6) is 0 Å². The van der Waals surface area contributed by atoms with Gasteiger partial charge in [0.15, 0.2) is 5.82 Å². The molecule has 31 heavy (non-hydrogen) atoms. The lowest BCUT2D eigenvalue weighted by atomic mass is 10.1. The number of benzene rings is 1. The van der Waals surface area contributed by atoms with E-state index in [0.29, 0.717) is 12.5 Å². The van der Waals surface area contributed by atoms with E-state index in [9.17, 15) is 4.79 Å². The van der Waals surface area contributed by atoms with Gasteiger partial charge in [-0.2, -0.15) is 10.1 Å². The Hall–Kier alpha value is -3.07. The minimum absolute atomic E-state index is 0.0940. The lowest BCUT2D eigenvalue weighted by Gasteiger charge is -2.36. The topological polar surface area (TPSA) is 79.2 Å². The highest BCUT2D eigenvalue weighted by Gasteiger charge is 2.40. The quantitative estimate of drug-likeness (QED) is 0.596. The highest BCUT2D eigenvalue weighted by molar-refractivity contribution is 7.98. The number of hydrogen-bond acceptors (Lipinski definition) is 7. The van der Waals surface area contributed by atoms with Crippen molar-refractivity contribution in [1.82, 2.24) is 19.7 Å². The van der Waals surface area contributed by atoms with Gasteiger partial charge < -0.3 is 15.1 Å². The average Bonchev–Trinajstić information content (AvgIpc) is 3.46. The van der Waals surface area contributed by atoms with Gasteiger partial charge in [0.05, 0.1) is 18.9 Å². The summed E-state index contributed by atoms with van der Waals surface area (Å²) in [4.78, 5) is 26.7. The Balaban J connectivity index is 1.26. The molecule has 0 aliphatic carbocycles. The summed E-state index contributed by atoms with van der Waals surface area (Å²) in [5.41, 5.74) is 3.06. The monoisotopic (exact) mass is 435 g/mol. The molecule has 0 saturated carbocycles. The van der Waals surface area contributed by atoms with Gasteiger partial charge in [-0.15, -0.1) is 11.8 Å². The third-order valence-corrected chi connectivity index (χ3v) is 6.64. The lowest BCUT2D eigenvalue weighted by molar-refractivity contribution is -0.119. The van der Waals surface area contributed by atoms with Crippen molar-refractivity contribution in [3.63, 3.8) is 0 Å². The first kappa shape index (κ1) is 19.9. The fourth-order valence-electron chi connectivity index (χ4n) is 4.20. The number of aromatic nitrogens is 4. The number of amides is 1. The number of nitrogens with zero attached hydrogens (tertiary/aromatic N) is 6. The number of anilines is 3. The summed E-state index contributed by atoms with van der Waals surface area (Å²) >= 11 is 1.74. The summed E-state index contributed by atoms with van der Waals surface area (Å²) in [6.45, 7) is 2.18. The maximum absolute atomic E-state index is 12.5. The molecule has 2 aromatic heterocycles. The lowest BCUT2D eigenvalue weighted by Crippen LogP contribution is -2.49. The molecule has 1 fully saturated rings. The minimum atomic E-state index is -0.0940. The fraction of sp³-hybridized carbons (Fsp3) is 0.364. The number of fused-ring (bicyclic) bond motifs is 3. The van der Waals surface area contributed by atoms with Gasteiger partial charge >= 0.3 is 0 Å². The van der Waals surface area contributed by atoms with Gasteiger partial charge in [0.2, 0.25) is 11.9 Å². The van der Waals surface area contributed by atoms with E-state index in [2.05, 4.69) is 50.8 Å². The molecule has 1 amide bonds. The van der Waals surface area contributed by atoms with Gasteiger partial charge in [-0.25, -0.2) is 4.98 Å². The van der Waals surface area contributed by atoms with Crippen LogP contribution in [0.4, 0.5) is 17.5 Å². The first-order valence-corrected chi connectivity index (χ1v) is 11.6. The summed E-state index contributed by atoms with van der Waals surface area (Å²) < 4.78 is 1.94. The van der Waals surface area contributed by atoms with Crippen LogP contribution in [0.1, 0.15) is 24.0 Å². The third-order valence-electron chi connectivity index (χ3n) is 5.89. The van der Waals surface area contributed by atoms with Crippen molar-refractivity contribution < 1.29 is 4.79 Å². The predicted molar refractivity (Wildman–Crippen MR) is 123 cm³/mol. The molecule has 3 aromatic rings. The van der Waals surface area contributed by atoms with E-state index >= 15 is 0 Å². The molecule has 9 heteroatoms. The van der Waals surface area contributed by atoms with Crippen LogP contribution in [-0.2, 0) is 17.9 Å². The number of nitrogens with one attached hydrogen (secondary N) is 1. The summed E-state index contributed by atoms with van der Waals surface area (Å²) in [5.74, 6) is 1.53. The van der Waals surface area contributed by atoms with Crippen molar-refractivity contribution in [3.8, 4) is 0 Å². The van der Waals surface area contributed by atoms with Crippen LogP contribution in [0.3, 0.4) is 0 Å². The first-order chi connectivity index (χ1) is 15.1. The van der Waals surface area contributed by atoms with Crippen molar-refractivity contribution in [3.05, 3.63) is 54.0 Å². The second kappa shape index (κ2) is 8.22. The fourth-order valence-corrected chi connectivity index (χ4v) is 4.61. The van der Waals surface area contributed by atoms with Crippen LogP contribution in [0, 0.1) is 0 Å². The molecule has 1 N–H and O–H groups in total. The smallest absolute Gasteiger partial charge is 0.249 e. The van der Waals surface area contributed by atoms with Crippen molar-refractivity contribution in [2.45, 2.75) is 36.9 Å². The van der Waals surface area contributed by atoms with Crippen LogP contribution in [0.15, 0.2) is 47.8 Å². The zero-order chi connectivity index (χ0) is 21.4. The Morgan fingerprint density at radius 2 is 2.03 bits per heavy atom. The average molecular weight is 436 g/mol. The zero-order valence-corrected chi connectivity index (χ0v) is 18.5. The molecular weight excluding hydrogens is 410 g/mol. The van der Waals surface area contributed by atoms with E-state index in [-0.39, 0.29) is 11.9 Å². The van der Waals surface area contributed by atoms with Gasteiger partial charge in [-0.05, 0) is 36.8 Å². The van der Waals surface area contributed by atoms with Crippen molar-refractivity contribution in [2.24, 2.45) is 0 Å². The van der Waals surface area contributed by atoms with Crippen LogP contribution in [0.2, 0.25) is 0 Å². The number of carbonyl (C=O) groups is 1. The minimum Gasteiger partial charge on any atom is -0.350 e. The summed E-state index contributed by atoms with van der Waals surface area (Å²) in [7, 11) is 1.80. The number of thioether (sulfide) groups is 1. The molecule has 1 atom stereocenters. The number of carbonyl (C=O) groups excluding carboxylic acids is 1. The largest absolute Gasteiger partial charge is 0.350 e. The van der Waals surface area contributed by atoms with Crippen molar-refractivity contribution in [1.29, 1.82) is 0 Å². The molecule has 2 aliphatic rings. The second-order valence-electron chi connectivity index (χ2n) is 7.90. The van der Waals surface area contributed by atoms with Gasteiger partial charge in [-0.1, -0.05) is 12.1 Å². The third kappa shape index (κ3) is 3.85. The first-order valence-electron chi connectivity index (χ1n) is 10.4. The molecule has 0 spiro atoms. The molecule has 1 saturated heterocycles. The second-order valence-corrected chi connectivity index (χ2v) is 8.78.